The van der Waals surface area contributed by atoms with E-state index in [9.17, 15) is 9.90 Å². The van der Waals surface area contributed by atoms with Gasteiger partial charge in [0.1, 0.15) is 0 Å². The maximum absolute atomic E-state index is 11.7. The van der Waals surface area contributed by atoms with Crippen LogP contribution in [-0.4, -0.2) is 47.0 Å². The minimum Gasteiger partial charge on any atom is -0.465 e. The molecule has 2 saturated heterocycles. The molecule has 0 aliphatic carbocycles. The lowest BCUT2D eigenvalue weighted by Gasteiger charge is -2.45. The summed E-state index contributed by atoms with van der Waals surface area (Å²) >= 11 is 0. The molecule has 1 aromatic rings. The number of amides is 1. The maximum Gasteiger partial charge on any atom is 0.494 e. The van der Waals surface area contributed by atoms with Gasteiger partial charge in [0.15, 0.2) is 0 Å². The third kappa shape index (κ3) is 4.12. The lowest BCUT2D eigenvalue weighted by molar-refractivity contribution is 0.00578. The quantitative estimate of drug-likeness (QED) is 0.580. The average molecular weight is 402 g/mol. The molecule has 7 heteroatoms. The number of hydrogen-bond donors (Lipinski definition) is 2. The normalized spacial score (nSPS) is 26.6. The van der Waals surface area contributed by atoms with E-state index in [0.717, 1.165) is 29.6 Å². The van der Waals surface area contributed by atoms with E-state index in [2.05, 4.69) is 26.8 Å². The molecule has 6 nitrogen and oxygen atoms in total. The molecule has 3 N–H and O–H groups in total. The fraction of sp³-hybridized carbons (Fsp3) is 0.682. The summed E-state index contributed by atoms with van der Waals surface area (Å²) in [5.74, 6) is 0.238. The summed E-state index contributed by atoms with van der Waals surface area (Å²) in [4.78, 5) is 13.3. The van der Waals surface area contributed by atoms with Crippen LogP contribution in [-0.2, 0) is 9.31 Å². The van der Waals surface area contributed by atoms with Crippen LogP contribution in [0.25, 0.3) is 0 Å². The topological polar surface area (TPSA) is 85.0 Å². The molecule has 2 atom stereocenters. The summed E-state index contributed by atoms with van der Waals surface area (Å²) in [5, 5.41) is 9.60. The molecule has 0 aromatic heterocycles. The Morgan fingerprint density at radius 2 is 1.79 bits per heavy atom. The van der Waals surface area contributed by atoms with Gasteiger partial charge in [-0.25, -0.2) is 4.79 Å². The van der Waals surface area contributed by atoms with Crippen molar-refractivity contribution in [1.29, 1.82) is 0 Å². The van der Waals surface area contributed by atoms with Gasteiger partial charge in [-0.15, -0.1) is 0 Å². The number of benzene rings is 1. The van der Waals surface area contributed by atoms with Crippen LogP contribution in [0.1, 0.15) is 72.8 Å². The lowest BCUT2D eigenvalue weighted by atomic mass is 9.73. The zero-order valence-corrected chi connectivity index (χ0v) is 18.8. The Kier molecular flexibility index (Phi) is 5.46. The van der Waals surface area contributed by atoms with Gasteiger partial charge in [-0.3, -0.25) is 0 Å². The van der Waals surface area contributed by atoms with E-state index in [0.29, 0.717) is 6.54 Å². The van der Waals surface area contributed by atoms with Gasteiger partial charge in [-0.2, -0.15) is 0 Å². The Morgan fingerprint density at radius 1 is 1.21 bits per heavy atom. The van der Waals surface area contributed by atoms with Crippen LogP contribution in [0.5, 0.6) is 0 Å². The smallest absolute Gasteiger partial charge is 0.465 e. The Balaban J connectivity index is 1.82. The van der Waals surface area contributed by atoms with Crippen LogP contribution in [0, 0.1) is 5.41 Å². The molecule has 29 heavy (non-hydrogen) atoms. The molecule has 2 aliphatic rings. The first-order valence-corrected chi connectivity index (χ1v) is 10.5. The van der Waals surface area contributed by atoms with E-state index in [1.807, 2.05) is 39.8 Å². The van der Waals surface area contributed by atoms with Gasteiger partial charge in [-0.1, -0.05) is 32.9 Å². The Labute approximate surface area is 174 Å². The predicted octanol–water partition coefficient (Wildman–Crippen LogP) is 3.84. The molecular weight excluding hydrogens is 367 g/mol. The van der Waals surface area contributed by atoms with Crippen molar-refractivity contribution >= 4 is 24.4 Å². The number of nitrogen functional groups attached to an aromatic ring is 1. The van der Waals surface area contributed by atoms with E-state index < -0.39 is 24.4 Å². The first-order valence-electron chi connectivity index (χ1n) is 10.5. The number of hydrogen-bond acceptors (Lipinski definition) is 4. The van der Waals surface area contributed by atoms with Gasteiger partial charge in [-0.05, 0) is 69.0 Å². The van der Waals surface area contributed by atoms with Crippen LogP contribution in [0.2, 0.25) is 0 Å². The van der Waals surface area contributed by atoms with Crippen LogP contribution in [0.3, 0.4) is 0 Å². The van der Waals surface area contributed by atoms with Crippen LogP contribution >= 0.6 is 0 Å². The van der Waals surface area contributed by atoms with Crippen molar-refractivity contribution in [2.24, 2.45) is 5.41 Å². The molecule has 0 spiro atoms. The fourth-order valence-corrected chi connectivity index (χ4v) is 4.39. The van der Waals surface area contributed by atoms with Gasteiger partial charge < -0.3 is 25.0 Å². The van der Waals surface area contributed by atoms with Gasteiger partial charge in [0, 0.05) is 18.3 Å². The van der Waals surface area contributed by atoms with E-state index in [1.165, 1.54) is 0 Å². The second-order valence-electron chi connectivity index (χ2n) is 10.6. The molecule has 0 radical (unpaired) electrons. The van der Waals surface area contributed by atoms with E-state index in [1.54, 1.807) is 4.90 Å². The summed E-state index contributed by atoms with van der Waals surface area (Å²) in [6, 6.07) is 6.01. The first-order chi connectivity index (χ1) is 13.2. The predicted molar refractivity (Wildman–Crippen MR) is 117 cm³/mol. The molecule has 1 amide bonds. The van der Waals surface area contributed by atoms with Crippen molar-refractivity contribution in [1.82, 2.24) is 4.90 Å². The van der Waals surface area contributed by atoms with Crippen molar-refractivity contribution in [3.8, 4) is 0 Å². The van der Waals surface area contributed by atoms with Crippen molar-refractivity contribution in [3.63, 3.8) is 0 Å². The maximum atomic E-state index is 11.7. The monoisotopic (exact) mass is 402 g/mol. The van der Waals surface area contributed by atoms with Crippen LogP contribution in [0.15, 0.2) is 18.2 Å². The molecule has 1 aromatic carbocycles. The number of nitrogens with two attached hydrogens (primary N) is 1. The zero-order chi connectivity index (χ0) is 21.8. The summed E-state index contributed by atoms with van der Waals surface area (Å²) in [6.07, 6.45) is 0.710. The Morgan fingerprint density at radius 3 is 2.28 bits per heavy atom. The number of carboxylic acid groups (broad SMARTS) is 1. The highest BCUT2D eigenvalue weighted by Crippen LogP contribution is 2.41. The van der Waals surface area contributed by atoms with Gasteiger partial charge in [0.2, 0.25) is 0 Å². The standard InChI is InChI=1S/C22H35BN2O4/c1-20(2,3)18-12-14(10-11-25(18)19(26)27)16-9-8-15(13-17(16)24)23-28-21(4,5)22(6,7)29-23/h8-9,13-14,18H,10-12,24H2,1-7H3,(H,26,27). The molecular formula is C22H35BN2O4. The summed E-state index contributed by atoms with van der Waals surface area (Å²) in [5.41, 5.74) is 8.27. The molecule has 0 saturated carbocycles. The third-order valence-corrected chi connectivity index (χ3v) is 6.92. The van der Waals surface area contributed by atoms with E-state index >= 15 is 0 Å². The Hall–Kier alpha value is -1.73. The summed E-state index contributed by atoms with van der Waals surface area (Å²) in [6.45, 7) is 15.0. The molecule has 3 rings (SSSR count). The number of likely N-dealkylation sites (tertiary alicyclic amines) is 1. The molecule has 0 bridgehead atoms. The van der Waals surface area contributed by atoms with Gasteiger partial charge in [0.05, 0.1) is 11.2 Å². The minimum absolute atomic E-state index is 0.0408. The summed E-state index contributed by atoms with van der Waals surface area (Å²) < 4.78 is 12.3. The third-order valence-electron chi connectivity index (χ3n) is 6.92. The van der Waals surface area contributed by atoms with E-state index in [-0.39, 0.29) is 17.4 Å². The minimum atomic E-state index is -0.840. The van der Waals surface area contributed by atoms with Crippen molar-refractivity contribution in [2.75, 3.05) is 12.3 Å². The number of nitrogens with zero attached hydrogens (tertiary/aromatic N) is 1. The van der Waals surface area contributed by atoms with Gasteiger partial charge >= 0.3 is 13.2 Å². The molecule has 2 fully saturated rings. The Bertz CT molecular complexity index is 772. The SMILES string of the molecule is CC(C)(C)C1CC(c2ccc(B3OC(C)(C)C(C)(C)O3)cc2N)CCN1C(=O)O. The number of rotatable bonds is 2. The largest absolute Gasteiger partial charge is 0.494 e. The molecule has 2 heterocycles. The highest BCUT2D eigenvalue weighted by Gasteiger charge is 2.51. The zero-order valence-electron chi connectivity index (χ0n) is 18.8. The lowest BCUT2D eigenvalue weighted by Crippen LogP contribution is -2.51. The fourth-order valence-electron chi connectivity index (χ4n) is 4.39. The van der Waals surface area contributed by atoms with Crippen molar-refractivity contribution in [2.45, 2.75) is 84.5 Å². The number of carbonyl (C=O) groups is 1. The van der Waals surface area contributed by atoms with Crippen molar-refractivity contribution < 1.29 is 19.2 Å². The average Bonchev–Trinajstić information content (AvgIpc) is 2.81. The van der Waals surface area contributed by atoms with E-state index in [4.69, 9.17) is 15.0 Å². The summed E-state index contributed by atoms with van der Waals surface area (Å²) in [7, 11) is -0.437. The molecule has 2 unspecified atom stereocenters. The highest BCUT2D eigenvalue weighted by molar-refractivity contribution is 6.62. The number of anilines is 1. The van der Waals surface area contributed by atoms with Crippen molar-refractivity contribution in [3.05, 3.63) is 23.8 Å². The van der Waals surface area contributed by atoms with Crippen LogP contribution in [0.4, 0.5) is 10.5 Å². The van der Waals surface area contributed by atoms with Gasteiger partial charge in [0.25, 0.3) is 0 Å². The molecule has 160 valence electrons. The number of piperidine rings is 1. The first kappa shape index (κ1) is 22.0. The second-order valence-corrected chi connectivity index (χ2v) is 10.6. The second kappa shape index (κ2) is 7.20. The highest BCUT2D eigenvalue weighted by atomic mass is 16.7. The van der Waals surface area contributed by atoms with Crippen LogP contribution < -0.4 is 11.2 Å². The molecule has 2 aliphatic heterocycles.